The van der Waals surface area contributed by atoms with Crippen LogP contribution in [-0.4, -0.2) is 12.6 Å². The Morgan fingerprint density at radius 3 is 3.11 bits per heavy atom. The van der Waals surface area contributed by atoms with Crippen LogP contribution in [0.15, 0.2) is 12.2 Å². The van der Waals surface area contributed by atoms with Crippen molar-refractivity contribution >= 4 is 5.97 Å². The van der Waals surface area contributed by atoms with Gasteiger partial charge in [-0.2, -0.15) is 0 Å². The van der Waals surface area contributed by atoms with Crippen LogP contribution in [0.4, 0.5) is 0 Å². The Hall–Kier alpha value is -0.790. The number of esters is 1. The number of cyclic esters (lactones) is 1. The molecule has 0 aliphatic carbocycles. The van der Waals surface area contributed by atoms with Crippen LogP contribution in [0.25, 0.3) is 0 Å². The fourth-order valence-electron chi connectivity index (χ4n) is 0.838. The highest BCUT2D eigenvalue weighted by Gasteiger charge is 2.16. The van der Waals surface area contributed by atoms with Crippen molar-refractivity contribution in [3.05, 3.63) is 12.2 Å². The van der Waals surface area contributed by atoms with Crippen LogP contribution in [0.1, 0.15) is 13.3 Å². The van der Waals surface area contributed by atoms with Gasteiger partial charge >= 0.3 is 5.97 Å². The third kappa shape index (κ3) is 1.31. The lowest BCUT2D eigenvalue weighted by Gasteiger charge is -2.12. The van der Waals surface area contributed by atoms with E-state index in [9.17, 15) is 4.79 Å². The van der Waals surface area contributed by atoms with Crippen molar-refractivity contribution in [2.45, 2.75) is 13.3 Å². The van der Waals surface area contributed by atoms with E-state index in [1.54, 1.807) is 0 Å². The summed E-state index contributed by atoms with van der Waals surface area (Å²) in [7, 11) is 0. The van der Waals surface area contributed by atoms with Crippen molar-refractivity contribution in [2.75, 3.05) is 6.61 Å². The van der Waals surface area contributed by atoms with Gasteiger partial charge < -0.3 is 4.74 Å². The van der Waals surface area contributed by atoms with Gasteiger partial charge in [0.15, 0.2) is 0 Å². The molecule has 0 aromatic heterocycles. The molecule has 0 amide bonds. The molecule has 0 saturated heterocycles. The lowest BCUT2D eigenvalue weighted by molar-refractivity contribution is -0.146. The summed E-state index contributed by atoms with van der Waals surface area (Å²) < 4.78 is 4.76. The van der Waals surface area contributed by atoms with Gasteiger partial charge in [-0.1, -0.05) is 19.1 Å². The van der Waals surface area contributed by atoms with Gasteiger partial charge in [0.05, 0.1) is 5.92 Å². The zero-order valence-electron chi connectivity index (χ0n) is 5.46. The minimum absolute atomic E-state index is 0.0127. The summed E-state index contributed by atoms with van der Waals surface area (Å²) >= 11 is 0. The van der Waals surface area contributed by atoms with Crippen LogP contribution in [0.5, 0.6) is 0 Å². The average molecular weight is 126 g/mol. The summed E-state index contributed by atoms with van der Waals surface area (Å²) in [6, 6.07) is 0. The predicted octanol–water partition coefficient (Wildman–Crippen LogP) is 1.13. The molecule has 1 aliphatic rings. The summed E-state index contributed by atoms with van der Waals surface area (Å²) in [6.07, 6.45) is 4.64. The Balaban J connectivity index is 2.57. The van der Waals surface area contributed by atoms with E-state index in [0.29, 0.717) is 6.61 Å². The zero-order valence-corrected chi connectivity index (χ0v) is 5.46. The largest absolute Gasteiger partial charge is 0.461 e. The second-order valence-electron chi connectivity index (χ2n) is 2.07. The van der Waals surface area contributed by atoms with Crippen molar-refractivity contribution in [1.29, 1.82) is 0 Å². The monoisotopic (exact) mass is 126 g/mol. The highest BCUT2D eigenvalue weighted by Crippen LogP contribution is 2.10. The molecule has 1 atom stereocenters. The summed E-state index contributed by atoms with van der Waals surface area (Å²) in [4.78, 5) is 10.8. The van der Waals surface area contributed by atoms with Crippen molar-refractivity contribution < 1.29 is 9.53 Å². The van der Waals surface area contributed by atoms with Crippen molar-refractivity contribution in [3.8, 4) is 0 Å². The molecule has 2 nitrogen and oxygen atoms in total. The van der Waals surface area contributed by atoms with Gasteiger partial charge in [0.25, 0.3) is 0 Å². The molecule has 1 heterocycles. The third-order valence-electron chi connectivity index (χ3n) is 1.43. The van der Waals surface area contributed by atoms with Crippen LogP contribution in [0.2, 0.25) is 0 Å². The quantitative estimate of drug-likeness (QED) is 0.389. The molecule has 0 aromatic rings. The van der Waals surface area contributed by atoms with Gasteiger partial charge in [-0.15, -0.1) is 0 Å². The van der Waals surface area contributed by atoms with E-state index in [0.717, 1.165) is 6.42 Å². The van der Waals surface area contributed by atoms with E-state index in [2.05, 4.69) is 0 Å². The molecule has 1 aliphatic heterocycles. The Kier molecular flexibility index (Phi) is 1.88. The summed E-state index contributed by atoms with van der Waals surface area (Å²) in [5.41, 5.74) is 0. The molecule has 2 heteroatoms. The van der Waals surface area contributed by atoms with E-state index in [-0.39, 0.29) is 11.9 Å². The van der Waals surface area contributed by atoms with Crippen LogP contribution in [-0.2, 0) is 9.53 Å². The fraction of sp³-hybridized carbons (Fsp3) is 0.571. The van der Waals surface area contributed by atoms with Gasteiger partial charge in [-0.05, 0) is 6.42 Å². The van der Waals surface area contributed by atoms with Crippen LogP contribution in [0.3, 0.4) is 0 Å². The normalized spacial score (nSPS) is 25.9. The Morgan fingerprint density at radius 2 is 2.67 bits per heavy atom. The van der Waals surface area contributed by atoms with E-state index < -0.39 is 0 Å². The molecular weight excluding hydrogens is 116 g/mol. The number of carbonyl (C=O) groups is 1. The fourth-order valence-corrected chi connectivity index (χ4v) is 0.838. The second-order valence-corrected chi connectivity index (χ2v) is 2.07. The SMILES string of the molecule is CCC1C=CCOC1=O. The summed E-state index contributed by atoms with van der Waals surface area (Å²) in [5.74, 6) is -0.0706. The first-order valence-corrected chi connectivity index (χ1v) is 3.18. The number of carbonyl (C=O) groups excluding carboxylic acids is 1. The first-order valence-electron chi connectivity index (χ1n) is 3.18. The molecule has 0 aromatic carbocycles. The smallest absolute Gasteiger partial charge is 0.313 e. The van der Waals surface area contributed by atoms with Crippen LogP contribution >= 0.6 is 0 Å². The maximum atomic E-state index is 10.8. The molecule has 0 N–H and O–H groups in total. The third-order valence-corrected chi connectivity index (χ3v) is 1.43. The molecule has 0 fully saturated rings. The Morgan fingerprint density at radius 1 is 1.89 bits per heavy atom. The number of ether oxygens (including phenoxy) is 1. The molecule has 0 radical (unpaired) electrons. The van der Waals surface area contributed by atoms with Crippen LogP contribution < -0.4 is 0 Å². The molecule has 1 rings (SSSR count). The van der Waals surface area contributed by atoms with E-state index in [4.69, 9.17) is 4.74 Å². The Labute approximate surface area is 54.5 Å². The molecule has 1 unspecified atom stereocenters. The minimum Gasteiger partial charge on any atom is -0.461 e. The first-order chi connectivity index (χ1) is 4.34. The first kappa shape index (κ1) is 6.33. The van der Waals surface area contributed by atoms with Gasteiger partial charge in [0.1, 0.15) is 6.61 Å². The lowest BCUT2D eigenvalue weighted by atomic mass is 10.1. The Bertz CT molecular complexity index is 138. The summed E-state index contributed by atoms with van der Waals surface area (Å²) in [6.45, 7) is 2.43. The van der Waals surface area contributed by atoms with Gasteiger partial charge in [0.2, 0.25) is 0 Å². The molecule has 0 saturated carbocycles. The average Bonchev–Trinajstić information content (AvgIpc) is 1.89. The molecule has 0 spiro atoms. The minimum atomic E-state index is -0.0833. The molecular formula is C7H10O2. The number of hydrogen-bond donors (Lipinski definition) is 0. The summed E-state index contributed by atoms with van der Waals surface area (Å²) in [5, 5.41) is 0. The second kappa shape index (κ2) is 2.67. The van der Waals surface area contributed by atoms with Crippen LogP contribution in [0, 0.1) is 5.92 Å². The predicted molar refractivity (Wildman–Crippen MR) is 33.9 cm³/mol. The maximum Gasteiger partial charge on any atom is 0.313 e. The van der Waals surface area contributed by atoms with Gasteiger partial charge in [0, 0.05) is 0 Å². The van der Waals surface area contributed by atoms with Crippen molar-refractivity contribution in [1.82, 2.24) is 0 Å². The molecule has 50 valence electrons. The van der Waals surface area contributed by atoms with E-state index >= 15 is 0 Å². The molecule has 9 heavy (non-hydrogen) atoms. The van der Waals surface area contributed by atoms with Crippen molar-refractivity contribution in [2.24, 2.45) is 5.92 Å². The lowest BCUT2D eigenvalue weighted by Crippen LogP contribution is -2.18. The van der Waals surface area contributed by atoms with Crippen molar-refractivity contribution in [3.63, 3.8) is 0 Å². The topological polar surface area (TPSA) is 26.3 Å². The number of rotatable bonds is 1. The standard InChI is InChI=1S/C7H10O2/c1-2-6-4-3-5-9-7(6)8/h3-4,6H,2,5H2,1H3. The highest BCUT2D eigenvalue weighted by atomic mass is 16.5. The maximum absolute atomic E-state index is 10.8. The molecule has 0 bridgehead atoms. The van der Waals surface area contributed by atoms with Gasteiger partial charge in [-0.25, -0.2) is 0 Å². The highest BCUT2D eigenvalue weighted by molar-refractivity contribution is 5.75. The van der Waals surface area contributed by atoms with E-state index in [1.165, 1.54) is 0 Å². The van der Waals surface area contributed by atoms with E-state index in [1.807, 2.05) is 19.1 Å². The van der Waals surface area contributed by atoms with Gasteiger partial charge in [-0.3, -0.25) is 4.79 Å². The zero-order chi connectivity index (χ0) is 6.69. The number of hydrogen-bond acceptors (Lipinski definition) is 2.